The summed E-state index contributed by atoms with van der Waals surface area (Å²) < 4.78 is 5.19. The first kappa shape index (κ1) is 11.4. The summed E-state index contributed by atoms with van der Waals surface area (Å²) in [5.41, 5.74) is 0.784. The van der Waals surface area contributed by atoms with Gasteiger partial charge in [-0.1, -0.05) is 24.3 Å². The average molecular weight is 253 g/mol. The van der Waals surface area contributed by atoms with Gasteiger partial charge >= 0.3 is 0 Å². The standard InChI is InChI=1S/C14H11N3O2/c18-14-12(16-17-13-7-3-4-8-19-13)9-10-5-1-2-6-11(10)15-14/h1-9,13H,(H,15,18). The largest absolute Gasteiger partial charge is 0.471 e. The molecule has 1 aromatic carbocycles. The van der Waals surface area contributed by atoms with Gasteiger partial charge in [-0.25, -0.2) is 0 Å². The summed E-state index contributed by atoms with van der Waals surface area (Å²) in [5, 5.41) is 8.83. The number of hydrogen-bond donors (Lipinski definition) is 1. The highest BCUT2D eigenvalue weighted by atomic mass is 16.5. The fourth-order valence-electron chi connectivity index (χ4n) is 1.77. The molecule has 0 bridgehead atoms. The molecule has 0 spiro atoms. The molecular formula is C14H11N3O2. The third-order valence-corrected chi connectivity index (χ3v) is 2.70. The molecule has 1 atom stereocenters. The molecule has 5 nitrogen and oxygen atoms in total. The van der Waals surface area contributed by atoms with Gasteiger partial charge in [-0.05, 0) is 24.3 Å². The second-order valence-electron chi connectivity index (χ2n) is 4.03. The lowest BCUT2D eigenvalue weighted by atomic mass is 10.2. The van der Waals surface area contributed by atoms with Crippen LogP contribution in [0.2, 0.25) is 0 Å². The zero-order chi connectivity index (χ0) is 13.1. The number of aromatic nitrogens is 1. The Balaban J connectivity index is 1.94. The van der Waals surface area contributed by atoms with E-state index >= 15 is 0 Å². The van der Waals surface area contributed by atoms with Crippen LogP contribution < -0.4 is 5.56 Å². The fourth-order valence-corrected chi connectivity index (χ4v) is 1.77. The van der Waals surface area contributed by atoms with Gasteiger partial charge < -0.3 is 9.72 Å². The SMILES string of the molecule is O=c1[nH]c2ccccc2cc1N=NC1C=CC=CO1. The Morgan fingerprint density at radius 3 is 2.95 bits per heavy atom. The molecule has 5 heteroatoms. The molecule has 2 aromatic rings. The number of fused-ring (bicyclic) bond motifs is 1. The molecule has 3 rings (SSSR count). The van der Waals surface area contributed by atoms with E-state index in [0.29, 0.717) is 0 Å². The Labute approximate surface area is 108 Å². The maximum Gasteiger partial charge on any atom is 0.276 e. The van der Waals surface area contributed by atoms with Crippen molar-refractivity contribution in [3.63, 3.8) is 0 Å². The second kappa shape index (κ2) is 4.89. The van der Waals surface area contributed by atoms with Crippen LogP contribution in [0.1, 0.15) is 0 Å². The van der Waals surface area contributed by atoms with Gasteiger partial charge in [0.2, 0.25) is 6.23 Å². The molecular weight excluding hydrogens is 242 g/mol. The van der Waals surface area contributed by atoms with E-state index in [4.69, 9.17) is 4.74 Å². The highest BCUT2D eigenvalue weighted by molar-refractivity contribution is 5.80. The van der Waals surface area contributed by atoms with Crippen LogP contribution in [0, 0.1) is 0 Å². The minimum absolute atomic E-state index is 0.266. The molecule has 0 fully saturated rings. The third kappa shape index (κ3) is 2.44. The Morgan fingerprint density at radius 2 is 2.11 bits per heavy atom. The van der Waals surface area contributed by atoms with Crippen molar-refractivity contribution in [1.29, 1.82) is 0 Å². The van der Waals surface area contributed by atoms with E-state index in [1.54, 1.807) is 18.2 Å². The number of nitrogens with one attached hydrogen (secondary N) is 1. The van der Waals surface area contributed by atoms with Gasteiger partial charge in [-0.2, -0.15) is 0 Å². The van der Waals surface area contributed by atoms with E-state index in [2.05, 4.69) is 15.2 Å². The van der Waals surface area contributed by atoms with Crippen LogP contribution in [0.4, 0.5) is 5.69 Å². The van der Waals surface area contributed by atoms with Crippen molar-refractivity contribution in [2.75, 3.05) is 0 Å². The quantitative estimate of drug-likeness (QED) is 0.836. The van der Waals surface area contributed by atoms with E-state index in [0.717, 1.165) is 10.9 Å². The van der Waals surface area contributed by atoms with Gasteiger partial charge in [-0.3, -0.25) is 4.79 Å². The predicted molar refractivity (Wildman–Crippen MR) is 72.2 cm³/mol. The maximum atomic E-state index is 11.8. The highest BCUT2D eigenvalue weighted by Gasteiger charge is 2.05. The molecule has 0 saturated carbocycles. The normalized spacial score (nSPS) is 18.0. The third-order valence-electron chi connectivity index (χ3n) is 2.70. The molecule has 94 valence electrons. The zero-order valence-electron chi connectivity index (χ0n) is 9.98. The number of H-pyrrole nitrogens is 1. The maximum absolute atomic E-state index is 11.8. The summed E-state index contributed by atoms with van der Waals surface area (Å²) in [6.45, 7) is 0. The average Bonchev–Trinajstić information content (AvgIpc) is 2.46. The van der Waals surface area contributed by atoms with Gasteiger partial charge in [0.15, 0.2) is 5.69 Å². The van der Waals surface area contributed by atoms with Crippen molar-refractivity contribution in [3.8, 4) is 0 Å². The Morgan fingerprint density at radius 1 is 1.21 bits per heavy atom. The Kier molecular flexibility index (Phi) is 2.94. The topological polar surface area (TPSA) is 66.8 Å². The van der Waals surface area contributed by atoms with Crippen molar-refractivity contribution in [1.82, 2.24) is 4.98 Å². The van der Waals surface area contributed by atoms with Crippen molar-refractivity contribution in [3.05, 3.63) is 65.2 Å². The van der Waals surface area contributed by atoms with Gasteiger partial charge in [0.05, 0.1) is 6.26 Å². The van der Waals surface area contributed by atoms with Crippen molar-refractivity contribution < 1.29 is 4.74 Å². The number of azo groups is 1. The first-order chi connectivity index (χ1) is 9.33. The summed E-state index contributed by atoms with van der Waals surface area (Å²) in [6.07, 6.45) is 6.38. The minimum atomic E-state index is -0.476. The number of allylic oxidation sites excluding steroid dienone is 2. The molecule has 1 N–H and O–H groups in total. The van der Waals surface area contributed by atoms with Crippen molar-refractivity contribution in [2.45, 2.75) is 6.23 Å². The predicted octanol–water partition coefficient (Wildman–Crippen LogP) is 3.04. The summed E-state index contributed by atoms with van der Waals surface area (Å²) in [7, 11) is 0. The number of aromatic amines is 1. The summed E-state index contributed by atoms with van der Waals surface area (Å²) in [6, 6.07) is 9.23. The summed E-state index contributed by atoms with van der Waals surface area (Å²) in [5.74, 6) is 0. The molecule has 0 amide bonds. The second-order valence-corrected chi connectivity index (χ2v) is 4.03. The smallest absolute Gasteiger partial charge is 0.276 e. The van der Waals surface area contributed by atoms with Crippen molar-refractivity contribution >= 4 is 16.6 Å². The number of rotatable bonds is 2. The Hall–Kier alpha value is -2.69. The number of pyridine rings is 1. The lowest BCUT2D eigenvalue weighted by Gasteiger charge is -2.07. The molecule has 1 unspecified atom stereocenters. The molecule has 2 heterocycles. The van der Waals surface area contributed by atoms with Crippen LogP contribution in [-0.2, 0) is 4.74 Å². The molecule has 1 aliphatic rings. The van der Waals surface area contributed by atoms with Crippen LogP contribution in [0.25, 0.3) is 10.9 Å². The van der Waals surface area contributed by atoms with E-state index < -0.39 is 6.23 Å². The monoisotopic (exact) mass is 253 g/mol. The Bertz CT molecular complexity index is 744. The van der Waals surface area contributed by atoms with Crippen LogP contribution >= 0.6 is 0 Å². The minimum Gasteiger partial charge on any atom is -0.471 e. The summed E-state index contributed by atoms with van der Waals surface area (Å²) >= 11 is 0. The molecule has 0 saturated heterocycles. The highest BCUT2D eigenvalue weighted by Crippen LogP contribution is 2.16. The van der Waals surface area contributed by atoms with Crippen LogP contribution in [0.15, 0.2) is 69.8 Å². The van der Waals surface area contributed by atoms with E-state index in [1.807, 2.05) is 30.3 Å². The van der Waals surface area contributed by atoms with Crippen LogP contribution in [0.5, 0.6) is 0 Å². The number of nitrogens with zero attached hydrogens (tertiary/aromatic N) is 2. The van der Waals surface area contributed by atoms with E-state index in [9.17, 15) is 4.79 Å². The zero-order valence-corrected chi connectivity index (χ0v) is 9.98. The first-order valence-corrected chi connectivity index (χ1v) is 5.85. The number of ether oxygens (including phenoxy) is 1. The lowest BCUT2D eigenvalue weighted by Crippen LogP contribution is -2.06. The van der Waals surface area contributed by atoms with E-state index in [1.165, 1.54) is 6.26 Å². The summed E-state index contributed by atoms with van der Waals surface area (Å²) in [4.78, 5) is 14.6. The molecule has 0 aliphatic carbocycles. The van der Waals surface area contributed by atoms with Crippen LogP contribution in [-0.4, -0.2) is 11.2 Å². The number of para-hydroxylation sites is 1. The van der Waals surface area contributed by atoms with Gasteiger partial charge in [0, 0.05) is 10.9 Å². The molecule has 19 heavy (non-hydrogen) atoms. The van der Waals surface area contributed by atoms with Gasteiger partial charge in [0.1, 0.15) is 0 Å². The molecule has 0 radical (unpaired) electrons. The lowest BCUT2D eigenvalue weighted by molar-refractivity contribution is 0.185. The number of hydrogen-bond acceptors (Lipinski definition) is 4. The van der Waals surface area contributed by atoms with E-state index in [-0.39, 0.29) is 11.2 Å². The van der Waals surface area contributed by atoms with Gasteiger partial charge in [-0.15, -0.1) is 10.2 Å². The van der Waals surface area contributed by atoms with Crippen molar-refractivity contribution in [2.24, 2.45) is 10.2 Å². The number of benzene rings is 1. The first-order valence-electron chi connectivity index (χ1n) is 5.85. The molecule has 1 aromatic heterocycles. The molecule has 1 aliphatic heterocycles. The van der Waals surface area contributed by atoms with Gasteiger partial charge in [0.25, 0.3) is 5.56 Å². The van der Waals surface area contributed by atoms with Crippen LogP contribution in [0.3, 0.4) is 0 Å². The fraction of sp³-hybridized carbons (Fsp3) is 0.0714.